The first kappa shape index (κ1) is 26.2. The molecule has 33 heavy (non-hydrogen) atoms. The topological polar surface area (TPSA) is 114 Å². The third-order valence-electron chi connectivity index (χ3n) is 5.54. The van der Waals surface area contributed by atoms with Gasteiger partial charge < -0.3 is 23.7 Å². The second-order valence-electron chi connectivity index (χ2n) is 7.87. The Morgan fingerprint density at radius 3 is 2.06 bits per heavy atom. The standard InChI is InChI=1S/C24H32O9/c1-6-31-22(27)10-15-8-16(11-23(28)32-7-2)24(18(26)9-15)17-12-21(33-14(3)25)20(30-5)13-19(17)29-4/h12-13,15-16,24H,6-11H2,1-5H3. The average molecular weight is 465 g/mol. The highest BCUT2D eigenvalue weighted by Crippen LogP contribution is 2.47. The molecular formula is C24H32O9. The summed E-state index contributed by atoms with van der Waals surface area (Å²) in [6.45, 7) is 5.18. The van der Waals surface area contributed by atoms with E-state index in [2.05, 4.69) is 0 Å². The first-order valence-corrected chi connectivity index (χ1v) is 11.0. The van der Waals surface area contributed by atoms with Gasteiger partial charge in [-0.15, -0.1) is 0 Å². The van der Waals surface area contributed by atoms with Gasteiger partial charge in [0, 0.05) is 43.7 Å². The van der Waals surface area contributed by atoms with Crippen LogP contribution in [0.4, 0.5) is 0 Å². The van der Waals surface area contributed by atoms with Crippen LogP contribution in [0.25, 0.3) is 0 Å². The fourth-order valence-electron chi connectivity index (χ4n) is 4.37. The van der Waals surface area contributed by atoms with Crippen molar-refractivity contribution in [2.45, 2.75) is 52.4 Å². The highest BCUT2D eigenvalue weighted by molar-refractivity contribution is 5.89. The minimum absolute atomic E-state index is 0.00164. The Balaban J connectivity index is 2.47. The molecule has 0 saturated heterocycles. The number of ether oxygens (including phenoxy) is 5. The maximum Gasteiger partial charge on any atom is 0.308 e. The first-order chi connectivity index (χ1) is 15.7. The number of Topliss-reactive ketones (excluding diaryl/α,β-unsaturated/α-hetero) is 1. The molecule has 3 unspecified atom stereocenters. The van der Waals surface area contributed by atoms with Crippen LogP contribution in [0.2, 0.25) is 0 Å². The number of esters is 3. The molecule has 9 heteroatoms. The Kier molecular flexibility index (Phi) is 9.69. The first-order valence-electron chi connectivity index (χ1n) is 11.0. The Hall–Kier alpha value is -3.10. The van der Waals surface area contributed by atoms with Crippen LogP contribution < -0.4 is 14.2 Å². The Morgan fingerprint density at radius 2 is 1.52 bits per heavy atom. The van der Waals surface area contributed by atoms with E-state index in [0.29, 0.717) is 17.7 Å². The lowest BCUT2D eigenvalue weighted by atomic mass is 9.68. The summed E-state index contributed by atoms with van der Waals surface area (Å²) in [6, 6.07) is 3.10. The van der Waals surface area contributed by atoms with Crippen molar-refractivity contribution in [2.75, 3.05) is 27.4 Å². The van der Waals surface area contributed by atoms with E-state index in [1.54, 1.807) is 26.0 Å². The van der Waals surface area contributed by atoms with Gasteiger partial charge in [-0.2, -0.15) is 0 Å². The molecule has 0 radical (unpaired) electrons. The molecule has 1 saturated carbocycles. The van der Waals surface area contributed by atoms with Crippen LogP contribution in [-0.2, 0) is 28.7 Å². The molecule has 182 valence electrons. The summed E-state index contributed by atoms with van der Waals surface area (Å²) < 4.78 is 26.2. The van der Waals surface area contributed by atoms with E-state index in [0.717, 1.165) is 0 Å². The monoisotopic (exact) mass is 464 g/mol. The molecule has 0 aliphatic heterocycles. The van der Waals surface area contributed by atoms with Crippen LogP contribution in [0.15, 0.2) is 12.1 Å². The van der Waals surface area contributed by atoms with Gasteiger partial charge in [0.15, 0.2) is 11.5 Å². The normalized spacial score (nSPS) is 20.0. The fraction of sp³-hybridized carbons (Fsp3) is 0.583. The van der Waals surface area contributed by atoms with Crippen LogP contribution in [0.5, 0.6) is 17.2 Å². The molecule has 0 N–H and O–H groups in total. The molecule has 1 aromatic carbocycles. The second kappa shape index (κ2) is 12.2. The molecule has 0 bridgehead atoms. The number of hydrogen-bond donors (Lipinski definition) is 0. The van der Waals surface area contributed by atoms with E-state index < -0.39 is 23.8 Å². The Labute approximate surface area is 193 Å². The van der Waals surface area contributed by atoms with Crippen molar-refractivity contribution >= 4 is 23.7 Å². The van der Waals surface area contributed by atoms with Gasteiger partial charge in [0.05, 0.1) is 27.4 Å². The summed E-state index contributed by atoms with van der Waals surface area (Å²) in [5, 5.41) is 0. The molecule has 1 aromatic rings. The van der Waals surface area contributed by atoms with Crippen molar-refractivity contribution in [1.82, 2.24) is 0 Å². The molecule has 0 spiro atoms. The summed E-state index contributed by atoms with van der Waals surface area (Å²) in [7, 11) is 2.89. The zero-order chi connectivity index (χ0) is 24.5. The smallest absolute Gasteiger partial charge is 0.308 e. The van der Waals surface area contributed by atoms with Crippen molar-refractivity contribution in [3.8, 4) is 17.2 Å². The molecule has 0 heterocycles. The van der Waals surface area contributed by atoms with Crippen LogP contribution >= 0.6 is 0 Å². The Morgan fingerprint density at radius 1 is 0.909 bits per heavy atom. The predicted octanol–water partition coefficient (Wildman–Crippen LogP) is 3.21. The number of benzene rings is 1. The summed E-state index contributed by atoms with van der Waals surface area (Å²) >= 11 is 0. The molecule has 9 nitrogen and oxygen atoms in total. The maximum absolute atomic E-state index is 13.4. The zero-order valence-electron chi connectivity index (χ0n) is 19.8. The predicted molar refractivity (Wildman–Crippen MR) is 117 cm³/mol. The molecule has 0 amide bonds. The lowest BCUT2D eigenvalue weighted by Crippen LogP contribution is -2.34. The molecule has 0 aromatic heterocycles. The summed E-state index contributed by atoms with van der Waals surface area (Å²) in [6.07, 6.45) is 0.707. The van der Waals surface area contributed by atoms with Gasteiger partial charge in [0.1, 0.15) is 11.5 Å². The van der Waals surface area contributed by atoms with E-state index in [4.69, 9.17) is 23.7 Å². The number of ketones is 1. The van der Waals surface area contributed by atoms with Crippen LogP contribution in [-0.4, -0.2) is 51.1 Å². The van der Waals surface area contributed by atoms with E-state index in [-0.39, 0.29) is 61.6 Å². The quantitative estimate of drug-likeness (QED) is 0.380. The third kappa shape index (κ3) is 6.94. The number of methoxy groups -OCH3 is 2. The van der Waals surface area contributed by atoms with Crippen molar-refractivity contribution in [1.29, 1.82) is 0 Å². The SMILES string of the molecule is CCOC(=O)CC1CC(=O)C(c2cc(OC(C)=O)c(OC)cc2OC)C(CC(=O)OCC)C1. The minimum atomic E-state index is -0.706. The summed E-state index contributed by atoms with van der Waals surface area (Å²) in [5.41, 5.74) is 0.489. The van der Waals surface area contributed by atoms with Gasteiger partial charge >= 0.3 is 17.9 Å². The highest BCUT2D eigenvalue weighted by atomic mass is 16.6. The molecule has 2 rings (SSSR count). The van der Waals surface area contributed by atoms with Gasteiger partial charge in [-0.05, 0) is 38.2 Å². The summed E-state index contributed by atoms with van der Waals surface area (Å²) in [5.74, 6) is -2.07. The fourth-order valence-corrected chi connectivity index (χ4v) is 4.37. The number of rotatable bonds is 10. The highest BCUT2D eigenvalue weighted by Gasteiger charge is 2.41. The van der Waals surface area contributed by atoms with E-state index >= 15 is 0 Å². The van der Waals surface area contributed by atoms with Crippen molar-refractivity contribution in [2.24, 2.45) is 11.8 Å². The summed E-state index contributed by atoms with van der Waals surface area (Å²) in [4.78, 5) is 49.3. The molecular weight excluding hydrogens is 432 g/mol. The average Bonchev–Trinajstić information content (AvgIpc) is 2.73. The second-order valence-corrected chi connectivity index (χ2v) is 7.87. The lowest BCUT2D eigenvalue weighted by molar-refractivity contribution is -0.146. The minimum Gasteiger partial charge on any atom is -0.496 e. The largest absolute Gasteiger partial charge is 0.496 e. The van der Waals surface area contributed by atoms with Gasteiger partial charge in [-0.1, -0.05) is 0 Å². The van der Waals surface area contributed by atoms with E-state index in [9.17, 15) is 19.2 Å². The van der Waals surface area contributed by atoms with Crippen LogP contribution in [0.1, 0.15) is 57.9 Å². The number of carbonyl (C=O) groups is 4. The van der Waals surface area contributed by atoms with Crippen molar-refractivity contribution < 1.29 is 42.9 Å². The molecule has 1 fully saturated rings. The zero-order valence-corrected chi connectivity index (χ0v) is 19.8. The lowest BCUT2D eigenvalue weighted by Gasteiger charge is -2.35. The number of hydrogen-bond acceptors (Lipinski definition) is 9. The molecule has 1 aliphatic rings. The molecule has 1 aliphatic carbocycles. The maximum atomic E-state index is 13.4. The van der Waals surface area contributed by atoms with E-state index in [1.165, 1.54) is 21.1 Å². The van der Waals surface area contributed by atoms with Gasteiger partial charge in [-0.3, -0.25) is 19.2 Å². The van der Waals surface area contributed by atoms with E-state index in [1.807, 2.05) is 0 Å². The third-order valence-corrected chi connectivity index (χ3v) is 5.54. The Bertz CT molecular complexity index is 877. The van der Waals surface area contributed by atoms with Gasteiger partial charge in [0.25, 0.3) is 0 Å². The molecule has 3 atom stereocenters. The van der Waals surface area contributed by atoms with Crippen molar-refractivity contribution in [3.63, 3.8) is 0 Å². The van der Waals surface area contributed by atoms with Crippen LogP contribution in [0.3, 0.4) is 0 Å². The number of carbonyl (C=O) groups excluding carboxylic acids is 4. The van der Waals surface area contributed by atoms with Gasteiger partial charge in [0.2, 0.25) is 0 Å². The van der Waals surface area contributed by atoms with Crippen molar-refractivity contribution in [3.05, 3.63) is 17.7 Å². The van der Waals surface area contributed by atoms with Gasteiger partial charge in [-0.25, -0.2) is 0 Å². The van der Waals surface area contributed by atoms with Crippen LogP contribution in [0, 0.1) is 11.8 Å².